The Morgan fingerprint density at radius 1 is 1.00 bits per heavy atom. The highest BCUT2D eigenvalue weighted by atomic mass is 35.5. The number of aryl methyl sites for hydroxylation is 1. The minimum atomic E-state index is 0.0425. The Hall–Kier alpha value is -1.46. The first kappa shape index (κ1) is 19.8. The van der Waals surface area contributed by atoms with Crippen LogP contribution in [0.25, 0.3) is 0 Å². The quantitative estimate of drug-likeness (QED) is 0.721. The Morgan fingerprint density at radius 2 is 1.79 bits per heavy atom. The molecule has 1 fully saturated rings. The molecule has 1 saturated heterocycles. The first-order chi connectivity index (χ1) is 13.5. The molecule has 2 aliphatic rings. The Kier molecular flexibility index (Phi) is 6.02. The van der Waals surface area contributed by atoms with E-state index in [0.717, 1.165) is 73.1 Å². The minimum absolute atomic E-state index is 0.0425. The largest absolute Gasteiger partial charge is 0.368 e. The van der Waals surface area contributed by atoms with Crippen molar-refractivity contribution in [3.63, 3.8) is 0 Å². The number of halogens is 3. The van der Waals surface area contributed by atoms with Crippen LogP contribution in [0, 0.1) is 0 Å². The second-order valence-corrected chi connectivity index (χ2v) is 8.52. The van der Waals surface area contributed by atoms with E-state index >= 15 is 0 Å². The lowest BCUT2D eigenvalue weighted by Crippen LogP contribution is -2.46. The van der Waals surface area contributed by atoms with Gasteiger partial charge in [0.25, 0.3) is 0 Å². The summed E-state index contributed by atoms with van der Waals surface area (Å²) in [5, 5.41) is 4.82. The van der Waals surface area contributed by atoms with E-state index in [9.17, 15) is 4.79 Å². The van der Waals surface area contributed by atoms with Crippen LogP contribution in [-0.4, -0.2) is 43.5 Å². The summed E-state index contributed by atoms with van der Waals surface area (Å²) in [5.41, 5.74) is 4.05. The van der Waals surface area contributed by atoms with Crippen LogP contribution in [0.2, 0.25) is 15.1 Å². The molecule has 0 unspecified atom stereocenters. The second-order valence-electron chi connectivity index (χ2n) is 7.33. The predicted molar refractivity (Wildman–Crippen MR) is 117 cm³/mol. The van der Waals surface area contributed by atoms with Crippen molar-refractivity contribution in [1.82, 2.24) is 4.90 Å². The summed E-state index contributed by atoms with van der Waals surface area (Å²) >= 11 is 18.9. The van der Waals surface area contributed by atoms with Crippen molar-refractivity contribution in [2.24, 2.45) is 0 Å². The Balaban J connectivity index is 1.28. The average molecular weight is 439 g/mol. The van der Waals surface area contributed by atoms with Gasteiger partial charge in [-0.15, -0.1) is 0 Å². The monoisotopic (exact) mass is 437 g/mol. The zero-order chi connectivity index (χ0) is 19.7. The zero-order valence-electron chi connectivity index (χ0n) is 15.5. The van der Waals surface area contributed by atoms with Crippen molar-refractivity contribution in [2.75, 3.05) is 42.9 Å². The molecular formula is C21H22Cl3N3O. The number of piperazine rings is 1. The number of amides is 1. The average Bonchev–Trinajstić information content (AvgIpc) is 3.03. The molecule has 28 heavy (non-hydrogen) atoms. The molecule has 7 heteroatoms. The summed E-state index contributed by atoms with van der Waals surface area (Å²) in [6.45, 7) is 4.90. The maximum absolute atomic E-state index is 11.5. The van der Waals surface area contributed by atoms with E-state index in [1.165, 1.54) is 0 Å². The number of anilines is 2. The first-order valence-corrected chi connectivity index (χ1v) is 10.7. The van der Waals surface area contributed by atoms with Crippen molar-refractivity contribution in [3.8, 4) is 0 Å². The third kappa shape index (κ3) is 4.25. The van der Waals surface area contributed by atoms with E-state index in [4.69, 9.17) is 34.8 Å². The van der Waals surface area contributed by atoms with Crippen LogP contribution < -0.4 is 10.2 Å². The van der Waals surface area contributed by atoms with Crippen molar-refractivity contribution < 1.29 is 4.79 Å². The molecule has 2 heterocycles. The smallest absolute Gasteiger partial charge is 0.228 e. The van der Waals surface area contributed by atoms with Gasteiger partial charge in [0.15, 0.2) is 0 Å². The number of fused-ring (bicyclic) bond motifs is 1. The zero-order valence-corrected chi connectivity index (χ0v) is 17.7. The van der Waals surface area contributed by atoms with Crippen LogP contribution >= 0.6 is 34.8 Å². The summed E-state index contributed by atoms with van der Waals surface area (Å²) in [5.74, 6) is 0.0425. The van der Waals surface area contributed by atoms with Gasteiger partial charge in [-0.25, -0.2) is 0 Å². The molecule has 1 amide bonds. The molecule has 0 aliphatic carbocycles. The molecule has 0 saturated carbocycles. The number of carbonyl (C=O) groups excluding carboxylic acids is 1. The summed E-state index contributed by atoms with van der Waals surface area (Å²) in [6.07, 6.45) is 2.41. The molecule has 0 spiro atoms. The van der Waals surface area contributed by atoms with Gasteiger partial charge >= 0.3 is 0 Å². The molecule has 0 radical (unpaired) electrons. The van der Waals surface area contributed by atoms with Gasteiger partial charge in [0.2, 0.25) is 5.91 Å². The van der Waals surface area contributed by atoms with E-state index in [2.05, 4.69) is 21.2 Å². The van der Waals surface area contributed by atoms with Crippen molar-refractivity contribution in [2.45, 2.75) is 19.3 Å². The lowest BCUT2D eigenvalue weighted by atomic mass is 10.0. The van der Waals surface area contributed by atoms with Gasteiger partial charge in [-0.1, -0.05) is 46.9 Å². The van der Waals surface area contributed by atoms with E-state index < -0.39 is 0 Å². The Bertz CT molecular complexity index is 895. The molecule has 148 valence electrons. The normalized spacial score (nSPS) is 17.0. The summed E-state index contributed by atoms with van der Waals surface area (Å²) in [7, 11) is 0. The van der Waals surface area contributed by atoms with Crippen LogP contribution in [-0.2, 0) is 17.6 Å². The lowest BCUT2D eigenvalue weighted by Gasteiger charge is -2.36. The highest BCUT2D eigenvalue weighted by molar-refractivity contribution is 6.43. The van der Waals surface area contributed by atoms with Gasteiger partial charge in [0.1, 0.15) is 0 Å². The van der Waals surface area contributed by atoms with Crippen molar-refractivity contribution in [3.05, 3.63) is 56.5 Å². The van der Waals surface area contributed by atoms with Crippen LogP contribution in [0.4, 0.5) is 11.4 Å². The lowest BCUT2D eigenvalue weighted by molar-refractivity contribution is -0.115. The molecular weight excluding hydrogens is 417 g/mol. The third-order valence-electron chi connectivity index (χ3n) is 5.46. The van der Waals surface area contributed by atoms with E-state index in [1.54, 1.807) is 0 Å². The van der Waals surface area contributed by atoms with Crippen LogP contribution in [0.5, 0.6) is 0 Å². The minimum Gasteiger partial charge on any atom is -0.368 e. The predicted octanol–water partition coefficient (Wildman–Crippen LogP) is 4.90. The van der Waals surface area contributed by atoms with Crippen LogP contribution in [0.1, 0.15) is 17.5 Å². The van der Waals surface area contributed by atoms with Gasteiger partial charge in [-0.2, -0.15) is 0 Å². The summed E-state index contributed by atoms with van der Waals surface area (Å²) in [4.78, 5) is 16.3. The van der Waals surface area contributed by atoms with Crippen molar-refractivity contribution in [1.29, 1.82) is 0 Å². The molecule has 0 atom stereocenters. The maximum atomic E-state index is 11.5. The fraction of sp³-hybridized carbons (Fsp3) is 0.381. The molecule has 2 aliphatic heterocycles. The number of benzene rings is 2. The number of rotatable bonds is 5. The third-order valence-corrected chi connectivity index (χ3v) is 6.62. The van der Waals surface area contributed by atoms with Gasteiger partial charge in [0, 0.05) is 36.9 Å². The number of hydrogen-bond donors (Lipinski definition) is 1. The highest BCUT2D eigenvalue weighted by Gasteiger charge is 2.21. The number of hydrogen-bond acceptors (Lipinski definition) is 3. The molecule has 2 aromatic carbocycles. The Labute approximate surface area is 180 Å². The molecule has 0 aromatic heterocycles. The number of nitrogens with one attached hydrogen (secondary N) is 1. The molecule has 4 nitrogen and oxygen atoms in total. The fourth-order valence-electron chi connectivity index (χ4n) is 3.93. The molecule has 0 bridgehead atoms. The molecule has 2 aromatic rings. The highest BCUT2D eigenvalue weighted by Crippen LogP contribution is 2.33. The van der Waals surface area contributed by atoms with Gasteiger partial charge in [-0.3, -0.25) is 9.69 Å². The van der Waals surface area contributed by atoms with Gasteiger partial charge in [-0.05, 0) is 48.7 Å². The second kappa shape index (κ2) is 8.50. The van der Waals surface area contributed by atoms with E-state index in [0.29, 0.717) is 16.5 Å². The maximum Gasteiger partial charge on any atom is 0.228 e. The van der Waals surface area contributed by atoms with Gasteiger partial charge in [0.05, 0.1) is 22.2 Å². The standard InChI is InChI=1S/C21H22Cl3N3O/c22-16-4-1-5-19(21(16)24)27-9-7-26(8-10-27)6-2-3-14-11-15-12-20(28)25-18(15)13-17(14)23/h1,4-5,11,13H,2-3,6-10,12H2,(H,25,28). The van der Waals surface area contributed by atoms with Crippen molar-refractivity contribution >= 4 is 52.1 Å². The summed E-state index contributed by atoms with van der Waals surface area (Å²) in [6, 6.07) is 9.75. The first-order valence-electron chi connectivity index (χ1n) is 9.54. The fourth-order valence-corrected chi connectivity index (χ4v) is 4.61. The van der Waals surface area contributed by atoms with E-state index in [-0.39, 0.29) is 5.91 Å². The van der Waals surface area contributed by atoms with Gasteiger partial charge < -0.3 is 10.2 Å². The number of nitrogens with zero attached hydrogens (tertiary/aromatic N) is 2. The topological polar surface area (TPSA) is 35.6 Å². The van der Waals surface area contributed by atoms with E-state index in [1.807, 2.05) is 24.3 Å². The van der Waals surface area contributed by atoms with Crippen LogP contribution in [0.15, 0.2) is 30.3 Å². The molecule has 4 rings (SSSR count). The molecule has 1 N–H and O–H groups in total. The number of carbonyl (C=O) groups is 1. The van der Waals surface area contributed by atoms with Crippen LogP contribution in [0.3, 0.4) is 0 Å². The summed E-state index contributed by atoms with van der Waals surface area (Å²) < 4.78 is 0. The SMILES string of the molecule is O=C1Cc2cc(CCCN3CCN(c4cccc(Cl)c4Cl)CC3)c(Cl)cc2N1. The Morgan fingerprint density at radius 3 is 2.57 bits per heavy atom.